The van der Waals surface area contributed by atoms with E-state index in [-0.39, 0.29) is 23.8 Å². The van der Waals surface area contributed by atoms with Gasteiger partial charge in [0.2, 0.25) is 5.91 Å². The fraction of sp³-hybridized carbons (Fsp3) is 0.688. The average molecular weight is 305 g/mol. The molecule has 2 aliphatic carbocycles. The standard InChI is InChI=1S/C16H23N3O3/c1-9(2)15(20)18-11-5-6-13-12(7-11)14(19-22-13)16(21)17-8-10-3-4-10/h9-11H,3-8H2,1-2H3,(H,17,21)(H,18,20). The molecular weight excluding hydrogens is 282 g/mol. The van der Waals surface area contributed by atoms with E-state index in [0.29, 0.717) is 31.0 Å². The van der Waals surface area contributed by atoms with Gasteiger partial charge in [0.25, 0.3) is 5.91 Å². The lowest BCUT2D eigenvalue weighted by Gasteiger charge is -2.23. The largest absolute Gasteiger partial charge is 0.360 e. The lowest BCUT2D eigenvalue weighted by molar-refractivity contribution is -0.124. The van der Waals surface area contributed by atoms with Gasteiger partial charge in [0.05, 0.1) is 0 Å². The number of aromatic nitrogens is 1. The Morgan fingerprint density at radius 3 is 2.77 bits per heavy atom. The van der Waals surface area contributed by atoms with Crippen LogP contribution in [0.5, 0.6) is 0 Å². The molecule has 1 saturated carbocycles. The zero-order valence-corrected chi connectivity index (χ0v) is 13.1. The summed E-state index contributed by atoms with van der Waals surface area (Å²) in [6.07, 6.45) is 4.54. The van der Waals surface area contributed by atoms with E-state index >= 15 is 0 Å². The van der Waals surface area contributed by atoms with Crippen LogP contribution in [0.3, 0.4) is 0 Å². The smallest absolute Gasteiger partial charge is 0.273 e. The minimum atomic E-state index is -0.160. The van der Waals surface area contributed by atoms with Crippen LogP contribution < -0.4 is 10.6 Å². The molecule has 2 amide bonds. The minimum Gasteiger partial charge on any atom is -0.360 e. The van der Waals surface area contributed by atoms with E-state index in [0.717, 1.165) is 17.7 Å². The zero-order chi connectivity index (χ0) is 15.7. The van der Waals surface area contributed by atoms with Crippen molar-refractivity contribution in [2.24, 2.45) is 11.8 Å². The van der Waals surface area contributed by atoms with Crippen LogP contribution in [0.2, 0.25) is 0 Å². The predicted molar refractivity (Wildman–Crippen MR) is 80.4 cm³/mol. The fourth-order valence-corrected chi connectivity index (χ4v) is 2.72. The van der Waals surface area contributed by atoms with Crippen LogP contribution in [-0.4, -0.2) is 29.6 Å². The summed E-state index contributed by atoms with van der Waals surface area (Å²) < 4.78 is 5.31. The number of hydrogen-bond acceptors (Lipinski definition) is 4. The molecule has 0 spiro atoms. The molecule has 2 N–H and O–H groups in total. The van der Waals surface area contributed by atoms with Crippen molar-refractivity contribution in [1.82, 2.24) is 15.8 Å². The molecule has 1 heterocycles. The van der Waals surface area contributed by atoms with Crippen molar-refractivity contribution in [2.45, 2.75) is 52.0 Å². The summed E-state index contributed by atoms with van der Waals surface area (Å²) in [6.45, 7) is 4.47. The number of amides is 2. The van der Waals surface area contributed by atoms with Gasteiger partial charge in [0, 0.05) is 30.5 Å². The van der Waals surface area contributed by atoms with Gasteiger partial charge in [0.15, 0.2) is 5.69 Å². The van der Waals surface area contributed by atoms with E-state index in [1.807, 2.05) is 13.8 Å². The second-order valence-electron chi connectivity index (χ2n) is 6.69. The molecule has 0 radical (unpaired) electrons. The maximum absolute atomic E-state index is 12.2. The third-order valence-corrected chi connectivity index (χ3v) is 4.37. The van der Waals surface area contributed by atoms with Gasteiger partial charge in [-0.1, -0.05) is 19.0 Å². The van der Waals surface area contributed by atoms with Crippen molar-refractivity contribution >= 4 is 11.8 Å². The first kappa shape index (κ1) is 15.1. The van der Waals surface area contributed by atoms with Crippen molar-refractivity contribution in [3.05, 3.63) is 17.0 Å². The Labute approximate surface area is 130 Å². The second-order valence-corrected chi connectivity index (χ2v) is 6.69. The Morgan fingerprint density at radius 1 is 1.32 bits per heavy atom. The number of rotatable bonds is 5. The molecule has 1 fully saturated rings. The van der Waals surface area contributed by atoms with Gasteiger partial charge in [-0.05, 0) is 31.6 Å². The third-order valence-electron chi connectivity index (χ3n) is 4.37. The highest BCUT2D eigenvalue weighted by Crippen LogP contribution is 2.28. The van der Waals surface area contributed by atoms with E-state index < -0.39 is 0 Å². The van der Waals surface area contributed by atoms with Crippen LogP contribution in [0.1, 0.15) is 54.9 Å². The van der Waals surface area contributed by atoms with E-state index in [9.17, 15) is 9.59 Å². The van der Waals surface area contributed by atoms with Gasteiger partial charge in [-0.2, -0.15) is 0 Å². The van der Waals surface area contributed by atoms with Crippen LogP contribution in [0.25, 0.3) is 0 Å². The minimum absolute atomic E-state index is 0.0369. The molecule has 1 aromatic heterocycles. The molecule has 0 aliphatic heterocycles. The molecule has 6 heteroatoms. The summed E-state index contributed by atoms with van der Waals surface area (Å²) in [7, 11) is 0. The summed E-state index contributed by atoms with van der Waals surface area (Å²) in [6, 6.07) is 0.0526. The molecule has 6 nitrogen and oxygen atoms in total. The quantitative estimate of drug-likeness (QED) is 0.862. The second kappa shape index (κ2) is 6.10. The highest BCUT2D eigenvalue weighted by Gasteiger charge is 2.30. The molecule has 0 aromatic carbocycles. The Morgan fingerprint density at radius 2 is 2.09 bits per heavy atom. The number of nitrogens with zero attached hydrogens (tertiary/aromatic N) is 1. The molecule has 1 aromatic rings. The Kier molecular flexibility index (Phi) is 4.18. The summed E-state index contributed by atoms with van der Waals surface area (Å²) in [4.78, 5) is 24.1. The molecule has 22 heavy (non-hydrogen) atoms. The Bertz CT molecular complexity index is 575. The zero-order valence-electron chi connectivity index (χ0n) is 13.1. The molecule has 1 atom stereocenters. The van der Waals surface area contributed by atoms with Gasteiger partial charge < -0.3 is 15.2 Å². The number of nitrogens with one attached hydrogen (secondary N) is 2. The highest BCUT2D eigenvalue weighted by molar-refractivity contribution is 5.94. The first-order valence-electron chi connectivity index (χ1n) is 8.10. The lowest BCUT2D eigenvalue weighted by atomic mass is 9.91. The van der Waals surface area contributed by atoms with Crippen LogP contribution in [-0.2, 0) is 17.6 Å². The van der Waals surface area contributed by atoms with Crippen molar-refractivity contribution in [3.8, 4) is 0 Å². The monoisotopic (exact) mass is 305 g/mol. The molecule has 1 unspecified atom stereocenters. The molecule has 2 aliphatic rings. The van der Waals surface area contributed by atoms with Crippen LogP contribution in [0, 0.1) is 11.8 Å². The maximum atomic E-state index is 12.2. The average Bonchev–Trinajstić information content (AvgIpc) is 3.23. The van der Waals surface area contributed by atoms with Crippen LogP contribution in [0.15, 0.2) is 4.52 Å². The van der Waals surface area contributed by atoms with Gasteiger partial charge in [-0.3, -0.25) is 9.59 Å². The summed E-state index contributed by atoms with van der Waals surface area (Å²) >= 11 is 0. The van der Waals surface area contributed by atoms with E-state index in [4.69, 9.17) is 4.52 Å². The SMILES string of the molecule is CC(C)C(=O)NC1CCc2onc(C(=O)NCC3CC3)c2C1. The molecule has 0 bridgehead atoms. The van der Waals surface area contributed by atoms with E-state index in [1.165, 1.54) is 12.8 Å². The molecule has 0 saturated heterocycles. The van der Waals surface area contributed by atoms with Gasteiger partial charge in [-0.25, -0.2) is 0 Å². The maximum Gasteiger partial charge on any atom is 0.273 e. The number of carbonyl (C=O) groups is 2. The Hall–Kier alpha value is -1.85. The first-order chi connectivity index (χ1) is 10.5. The van der Waals surface area contributed by atoms with Crippen molar-refractivity contribution in [3.63, 3.8) is 0 Å². The van der Waals surface area contributed by atoms with Gasteiger partial charge >= 0.3 is 0 Å². The van der Waals surface area contributed by atoms with E-state index in [2.05, 4.69) is 15.8 Å². The predicted octanol–water partition coefficient (Wildman–Crippen LogP) is 1.44. The van der Waals surface area contributed by atoms with Gasteiger partial charge in [-0.15, -0.1) is 0 Å². The van der Waals surface area contributed by atoms with Crippen molar-refractivity contribution in [1.29, 1.82) is 0 Å². The Balaban J connectivity index is 1.65. The molecular formula is C16H23N3O3. The summed E-state index contributed by atoms with van der Waals surface area (Å²) in [5, 5.41) is 9.90. The van der Waals surface area contributed by atoms with Crippen molar-refractivity contribution in [2.75, 3.05) is 6.54 Å². The summed E-state index contributed by atoms with van der Waals surface area (Å²) in [5.74, 6) is 1.26. The third kappa shape index (κ3) is 3.31. The van der Waals surface area contributed by atoms with E-state index in [1.54, 1.807) is 0 Å². The number of aryl methyl sites for hydroxylation is 1. The first-order valence-corrected chi connectivity index (χ1v) is 8.10. The number of carbonyl (C=O) groups excluding carboxylic acids is 2. The number of fused-ring (bicyclic) bond motifs is 1. The lowest BCUT2D eigenvalue weighted by Crippen LogP contribution is -2.41. The molecule has 3 rings (SSSR count). The van der Waals surface area contributed by atoms with Gasteiger partial charge in [0.1, 0.15) is 5.76 Å². The van der Waals surface area contributed by atoms with Crippen LogP contribution in [0.4, 0.5) is 0 Å². The highest BCUT2D eigenvalue weighted by atomic mass is 16.5. The topological polar surface area (TPSA) is 84.2 Å². The van der Waals surface area contributed by atoms with Crippen LogP contribution >= 0.6 is 0 Å². The summed E-state index contributed by atoms with van der Waals surface area (Å²) in [5.41, 5.74) is 1.24. The number of hydrogen-bond donors (Lipinski definition) is 2. The fourth-order valence-electron chi connectivity index (χ4n) is 2.72. The normalized spacial score (nSPS) is 20.6. The molecule has 120 valence electrons. The van der Waals surface area contributed by atoms with Crippen molar-refractivity contribution < 1.29 is 14.1 Å².